The van der Waals surface area contributed by atoms with Crippen LogP contribution in [0.2, 0.25) is 0 Å². The van der Waals surface area contributed by atoms with Gasteiger partial charge in [-0.25, -0.2) is 0 Å². The molecule has 35 heavy (non-hydrogen) atoms. The van der Waals surface area contributed by atoms with Crippen molar-refractivity contribution in [2.24, 2.45) is 0 Å². The van der Waals surface area contributed by atoms with Gasteiger partial charge in [-0.15, -0.1) is 0 Å². The van der Waals surface area contributed by atoms with E-state index >= 15 is 0 Å². The number of nitrogens with zero attached hydrogens (tertiary/aromatic N) is 1. The lowest BCUT2D eigenvalue weighted by atomic mass is 9.88. The van der Waals surface area contributed by atoms with Gasteiger partial charge < -0.3 is 10.2 Å². The molecule has 2 heterocycles. The van der Waals surface area contributed by atoms with E-state index in [0.29, 0.717) is 0 Å². The molecular formula is C27H34F6N2. The molecule has 0 unspecified atom stereocenters. The van der Waals surface area contributed by atoms with Crippen LogP contribution in [0.5, 0.6) is 0 Å². The van der Waals surface area contributed by atoms with Crippen LogP contribution in [0.25, 0.3) is 0 Å². The van der Waals surface area contributed by atoms with Crippen molar-refractivity contribution >= 4 is 0 Å². The Kier molecular flexibility index (Phi) is 9.64. The quantitative estimate of drug-likeness (QED) is 0.438. The first kappa shape index (κ1) is 27.5. The van der Waals surface area contributed by atoms with Crippen molar-refractivity contribution in [2.45, 2.75) is 63.2 Å². The molecule has 194 valence electrons. The summed E-state index contributed by atoms with van der Waals surface area (Å²) in [6, 6.07) is 11.5. The van der Waals surface area contributed by atoms with Gasteiger partial charge in [0.05, 0.1) is 11.1 Å². The highest BCUT2D eigenvalue weighted by molar-refractivity contribution is 5.29. The third-order valence-electron chi connectivity index (χ3n) is 6.84. The fraction of sp³-hybridized carbons (Fsp3) is 0.556. The predicted molar refractivity (Wildman–Crippen MR) is 126 cm³/mol. The number of piperidine rings is 2. The number of benzene rings is 2. The second-order valence-corrected chi connectivity index (χ2v) is 9.39. The van der Waals surface area contributed by atoms with E-state index in [1.54, 1.807) is 6.07 Å². The Morgan fingerprint density at radius 2 is 1.20 bits per heavy atom. The lowest BCUT2D eigenvalue weighted by Gasteiger charge is -2.32. The molecule has 0 bridgehead atoms. The Labute approximate surface area is 203 Å². The van der Waals surface area contributed by atoms with E-state index in [9.17, 15) is 26.3 Å². The third kappa shape index (κ3) is 8.24. The molecule has 2 aromatic rings. The van der Waals surface area contributed by atoms with E-state index in [-0.39, 0.29) is 11.8 Å². The summed E-state index contributed by atoms with van der Waals surface area (Å²) in [5, 5.41) is 3.21. The molecule has 2 aliphatic rings. The maximum absolute atomic E-state index is 12.7. The van der Waals surface area contributed by atoms with E-state index in [2.05, 4.69) is 17.1 Å². The average Bonchev–Trinajstić information content (AvgIpc) is 2.85. The minimum atomic E-state index is -4.24. The van der Waals surface area contributed by atoms with Crippen LogP contribution in [0.1, 0.15) is 73.1 Å². The Balaban J connectivity index is 0.000000198. The standard InChI is InChI=1S/C15H20F3N.C12H14F3N/c1-2-8-19-9-6-12(7-10-19)13-4-3-5-14(11-13)15(16,17)18;13-12(14,15)11-3-1-2-10(8-11)9-4-6-16-7-5-9/h3-5,11-12H,2,6-10H2,1H3;1-3,8-9,16H,4-7H2. The maximum Gasteiger partial charge on any atom is 0.416 e. The number of likely N-dealkylation sites (tertiary alicyclic amines) is 1. The van der Waals surface area contributed by atoms with Gasteiger partial charge in [-0.3, -0.25) is 0 Å². The van der Waals surface area contributed by atoms with Crippen molar-refractivity contribution in [3.8, 4) is 0 Å². The van der Waals surface area contributed by atoms with Gasteiger partial charge in [0.1, 0.15) is 0 Å². The van der Waals surface area contributed by atoms with Crippen LogP contribution < -0.4 is 5.32 Å². The second-order valence-electron chi connectivity index (χ2n) is 9.39. The molecule has 0 aliphatic carbocycles. The highest BCUT2D eigenvalue weighted by atomic mass is 19.4. The van der Waals surface area contributed by atoms with Crippen molar-refractivity contribution in [2.75, 3.05) is 32.7 Å². The van der Waals surface area contributed by atoms with Crippen molar-refractivity contribution in [1.82, 2.24) is 10.2 Å². The summed E-state index contributed by atoms with van der Waals surface area (Å²) in [5.74, 6) is 0.541. The first-order valence-corrected chi connectivity index (χ1v) is 12.3. The van der Waals surface area contributed by atoms with Crippen LogP contribution in [0.3, 0.4) is 0 Å². The average molecular weight is 501 g/mol. The Hall–Kier alpha value is -2.06. The number of halogens is 6. The number of rotatable bonds is 4. The number of alkyl halides is 6. The van der Waals surface area contributed by atoms with Gasteiger partial charge in [0.2, 0.25) is 0 Å². The molecule has 2 nitrogen and oxygen atoms in total. The predicted octanol–water partition coefficient (Wildman–Crippen LogP) is 7.47. The third-order valence-corrected chi connectivity index (χ3v) is 6.84. The smallest absolute Gasteiger partial charge is 0.317 e. The van der Waals surface area contributed by atoms with Gasteiger partial charge in [0.15, 0.2) is 0 Å². The molecule has 2 aliphatic heterocycles. The van der Waals surface area contributed by atoms with Crippen molar-refractivity contribution in [1.29, 1.82) is 0 Å². The van der Waals surface area contributed by atoms with Gasteiger partial charge in [-0.1, -0.05) is 43.3 Å². The molecule has 0 aromatic heterocycles. The molecule has 2 aromatic carbocycles. The van der Waals surface area contributed by atoms with E-state index in [0.717, 1.165) is 88.1 Å². The highest BCUT2D eigenvalue weighted by Gasteiger charge is 2.32. The monoisotopic (exact) mass is 500 g/mol. The molecule has 2 saturated heterocycles. The summed E-state index contributed by atoms with van der Waals surface area (Å²) in [5.41, 5.74) is 0.590. The van der Waals surface area contributed by atoms with Crippen LogP contribution in [-0.2, 0) is 12.4 Å². The van der Waals surface area contributed by atoms with E-state index < -0.39 is 23.5 Å². The van der Waals surface area contributed by atoms with E-state index in [1.165, 1.54) is 24.3 Å². The minimum absolute atomic E-state index is 0.267. The topological polar surface area (TPSA) is 15.3 Å². The summed E-state index contributed by atoms with van der Waals surface area (Å²) in [6.07, 6.45) is -3.58. The molecule has 4 rings (SSSR count). The first-order chi connectivity index (χ1) is 16.6. The number of hydrogen-bond acceptors (Lipinski definition) is 2. The molecule has 2 fully saturated rings. The lowest BCUT2D eigenvalue weighted by Crippen LogP contribution is -2.33. The molecule has 1 N–H and O–H groups in total. The van der Waals surface area contributed by atoms with Crippen LogP contribution in [-0.4, -0.2) is 37.6 Å². The van der Waals surface area contributed by atoms with Crippen LogP contribution in [0.15, 0.2) is 48.5 Å². The Bertz CT molecular complexity index is 910. The molecule has 0 saturated carbocycles. The van der Waals surface area contributed by atoms with Crippen molar-refractivity contribution < 1.29 is 26.3 Å². The Morgan fingerprint density at radius 1 is 0.743 bits per heavy atom. The first-order valence-electron chi connectivity index (χ1n) is 12.3. The van der Waals surface area contributed by atoms with Crippen LogP contribution in [0, 0.1) is 0 Å². The summed E-state index contributed by atoms with van der Waals surface area (Å²) in [6.45, 7) is 7.01. The largest absolute Gasteiger partial charge is 0.416 e. The summed E-state index contributed by atoms with van der Waals surface area (Å²) in [4.78, 5) is 2.39. The fourth-order valence-corrected chi connectivity index (χ4v) is 4.90. The lowest BCUT2D eigenvalue weighted by molar-refractivity contribution is -0.138. The summed E-state index contributed by atoms with van der Waals surface area (Å²) >= 11 is 0. The zero-order valence-electron chi connectivity index (χ0n) is 20.1. The van der Waals surface area contributed by atoms with Gasteiger partial charge in [-0.05, 0) is 99.9 Å². The fourth-order valence-electron chi connectivity index (χ4n) is 4.90. The van der Waals surface area contributed by atoms with Gasteiger partial charge in [0, 0.05) is 0 Å². The minimum Gasteiger partial charge on any atom is -0.317 e. The van der Waals surface area contributed by atoms with Gasteiger partial charge >= 0.3 is 12.4 Å². The van der Waals surface area contributed by atoms with Crippen LogP contribution >= 0.6 is 0 Å². The van der Waals surface area contributed by atoms with Crippen LogP contribution in [0.4, 0.5) is 26.3 Å². The van der Waals surface area contributed by atoms with Crippen molar-refractivity contribution in [3.63, 3.8) is 0 Å². The molecular weight excluding hydrogens is 466 g/mol. The molecule has 0 amide bonds. The van der Waals surface area contributed by atoms with Crippen molar-refractivity contribution in [3.05, 3.63) is 70.8 Å². The molecule has 0 spiro atoms. The zero-order valence-corrected chi connectivity index (χ0v) is 20.1. The number of hydrogen-bond donors (Lipinski definition) is 1. The molecule has 0 radical (unpaired) electrons. The Morgan fingerprint density at radius 3 is 1.63 bits per heavy atom. The van der Waals surface area contributed by atoms with E-state index in [1.807, 2.05) is 6.07 Å². The highest BCUT2D eigenvalue weighted by Crippen LogP contribution is 2.35. The zero-order chi connectivity index (χ0) is 25.5. The van der Waals surface area contributed by atoms with E-state index in [4.69, 9.17) is 0 Å². The maximum atomic E-state index is 12.7. The summed E-state index contributed by atoms with van der Waals surface area (Å²) in [7, 11) is 0. The second kappa shape index (κ2) is 12.3. The molecule has 0 atom stereocenters. The molecule has 8 heteroatoms. The van der Waals surface area contributed by atoms with Gasteiger partial charge in [-0.2, -0.15) is 26.3 Å². The normalized spacial score (nSPS) is 18.7. The number of nitrogens with one attached hydrogen (secondary N) is 1. The summed E-state index contributed by atoms with van der Waals surface area (Å²) < 4.78 is 75.6. The SMILES string of the molecule is CCCN1CCC(c2cccc(C(F)(F)F)c2)CC1.FC(F)(F)c1cccc(C2CCNCC2)c1. The van der Waals surface area contributed by atoms with Gasteiger partial charge in [0.25, 0.3) is 0 Å².